The van der Waals surface area contributed by atoms with Gasteiger partial charge in [0.05, 0.1) is 0 Å². The van der Waals surface area contributed by atoms with Gasteiger partial charge in [0.2, 0.25) is 0 Å². The van der Waals surface area contributed by atoms with Crippen molar-refractivity contribution in [1.82, 2.24) is 0 Å². The second-order valence-electron chi connectivity index (χ2n) is 1.35. The summed E-state index contributed by atoms with van der Waals surface area (Å²) in [6.45, 7) is 4.59. The normalized spacial score (nSPS) is 6.33. The molecule has 0 aromatic carbocycles. The third kappa shape index (κ3) is 8.91. The molecule has 0 nitrogen and oxygen atoms in total. The van der Waals surface area contributed by atoms with Crippen molar-refractivity contribution >= 4 is 27.3 Å². The van der Waals surface area contributed by atoms with Crippen LogP contribution in [0.1, 0.15) is 13.8 Å². The van der Waals surface area contributed by atoms with E-state index in [0.717, 1.165) is 0 Å². The number of hydrogen-bond donors (Lipinski definition) is 0. The molecule has 0 fully saturated rings. The van der Waals surface area contributed by atoms with Crippen molar-refractivity contribution in [1.29, 1.82) is 0 Å². The number of rotatable bonds is 2. The van der Waals surface area contributed by atoms with Gasteiger partial charge < -0.3 is 0 Å². The van der Waals surface area contributed by atoms with E-state index >= 15 is 0 Å². The minimum absolute atomic E-state index is 0. The topological polar surface area (TPSA) is 0 Å². The molecule has 0 aliphatic rings. The molecule has 0 rings (SSSR count). The molecular weight excluding hydrogens is 149 g/mol. The van der Waals surface area contributed by atoms with Gasteiger partial charge in [-0.3, -0.25) is 0 Å². The number of hydrogen-bond acceptors (Lipinski definition) is 0. The van der Waals surface area contributed by atoms with Crippen LogP contribution in [0.2, 0.25) is 9.95 Å². The van der Waals surface area contributed by atoms with Crippen LogP contribution in [0.5, 0.6) is 0 Å². The molecule has 0 bridgehead atoms. The molecule has 1 unspecified atom stereocenters. The molecule has 0 N–H and O–H groups in total. The van der Waals surface area contributed by atoms with E-state index < -0.39 is 0 Å². The summed E-state index contributed by atoms with van der Waals surface area (Å²) in [5.41, 5.74) is 0. The van der Waals surface area contributed by atoms with Crippen molar-refractivity contribution in [3.63, 3.8) is 0 Å². The van der Waals surface area contributed by atoms with Gasteiger partial charge in [0.25, 0.3) is 0 Å². The van der Waals surface area contributed by atoms with Crippen molar-refractivity contribution in [2.24, 2.45) is 0 Å². The van der Waals surface area contributed by atoms with Crippen LogP contribution in [0.25, 0.3) is 0 Å². The standard InChI is InChI=1S/2C2H5.Ga.H3P.H/c2*1-2;;;/h2*1H2,2H3;;1H3;. The fourth-order valence-corrected chi connectivity index (χ4v) is 1.84. The molecule has 0 aliphatic heterocycles. The largest absolute Gasteiger partial charge is 0.153 e. The molecule has 0 radical (unpaired) electrons. The van der Waals surface area contributed by atoms with Gasteiger partial charge in [-0.15, -0.1) is 0 Å². The third-order valence-electron chi connectivity index (χ3n) is 0.707. The van der Waals surface area contributed by atoms with Crippen molar-refractivity contribution in [3.05, 3.63) is 0 Å². The Hall–Kier alpha value is 1.07. The zero-order valence-corrected chi connectivity index (χ0v) is 9.21. The molecule has 0 aromatic heterocycles. The minimum atomic E-state index is 0. The predicted molar refractivity (Wildman–Crippen MR) is 39.2 cm³/mol. The average molecular weight is 163 g/mol. The molecule has 0 aromatic rings. The predicted octanol–water partition coefficient (Wildman–Crippen LogP) is 1.36. The van der Waals surface area contributed by atoms with E-state index in [-0.39, 0.29) is 27.3 Å². The van der Waals surface area contributed by atoms with Crippen LogP contribution in [0.3, 0.4) is 0 Å². The Labute approximate surface area is 51.5 Å². The quantitative estimate of drug-likeness (QED) is 0.425. The van der Waals surface area contributed by atoms with Crippen LogP contribution in [0.4, 0.5) is 0 Å². The SMILES string of the molecule is C[CH2][GaH][CH2]C.P. The Balaban J connectivity index is 0. The maximum absolute atomic E-state index is 2.30. The van der Waals surface area contributed by atoms with Gasteiger partial charge in [-0.25, -0.2) is 0 Å². The summed E-state index contributed by atoms with van der Waals surface area (Å²) in [7, 11) is 0. The summed E-state index contributed by atoms with van der Waals surface area (Å²) in [6.07, 6.45) is 0. The van der Waals surface area contributed by atoms with E-state index in [1.54, 1.807) is 0 Å². The second-order valence-corrected chi connectivity index (χ2v) is 7.03. The monoisotopic (exact) mass is 162 g/mol. The summed E-state index contributed by atoms with van der Waals surface area (Å²) in [5.74, 6) is 0. The van der Waals surface area contributed by atoms with Gasteiger partial charge in [0, 0.05) is 0 Å². The van der Waals surface area contributed by atoms with Crippen molar-refractivity contribution in [3.8, 4) is 0 Å². The molecule has 6 heavy (non-hydrogen) atoms. The van der Waals surface area contributed by atoms with Gasteiger partial charge in [0.15, 0.2) is 0 Å². The van der Waals surface area contributed by atoms with Crippen LogP contribution in [-0.4, -0.2) is 17.4 Å². The fourth-order valence-electron chi connectivity index (χ4n) is 0.354. The van der Waals surface area contributed by atoms with Gasteiger partial charge in [-0.2, -0.15) is 9.90 Å². The summed E-state index contributed by atoms with van der Waals surface area (Å²) in [4.78, 5) is 3.06. The molecule has 1 atom stereocenters. The third-order valence-corrected chi connectivity index (χ3v) is 3.67. The molecule has 0 amide bonds. The van der Waals surface area contributed by atoms with Gasteiger partial charge >= 0.3 is 41.2 Å². The zero-order valence-electron chi connectivity index (χ0n) is 4.83. The van der Waals surface area contributed by atoms with Crippen LogP contribution in [-0.2, 0) is 0 Å². The van der Waals surface area contributed by atoms with Gasteiger partial charge in [0.1, 0.15) is 0 Å². The molecular formula is C4H14GaP. The molecule has 0 saturated heterocycles. The van der Waals surface area contributed by atoms with E-state index in [1.807, 2.05) is 0 Å². The summed E-state index contributed by atoms with van der Waals surface area (Å²) in [6, 6.07) is 0. The van der Waals surface area contributed by atoms with Crippen LogP contribution in [0.15, 0.2) is 0 Å². The Morgan fingerprint density at radius 1 is 1.17 bits per heavy atom. The molecule has 2 heteroatoms. The van der Waals surface area contributed by atoms with Crippen LogP contribution >= 0.6 is 9.90 Å². The maximum Gasteiger partial charge on any atom is -0.153 e. The first kappa shape index (κ1) is 10.1. The molecule has 0 heterocycles. The zero-order chi connectivity index (χ0) is 4.12. The first-order valence-electron chi connectivity index (χ1n) is 2.41. The molecule has 0 spiro atoms. The van der Waals surface area contributed by atoms with Gasteiger partial charge in [-0.05, 0) is 0 Å². The maximum atomic E-state index is 2.30. The smallest absolute Gasteiger partial charge is 0.153 e. The fraction of sp³-hybridized carbons (Fsp3) is 1.00. The average Bonchev–Trinajstić information content (AvgIpc) is 1.41. The van der Waals surface area contributed by atoms with E-state index in [9.17, 15) is 0 Å². The summed E-state index contributed by atoms with van der Waals surface area (Å²) in [5, 5.41) is 0. The molecule has 0 aliphatic carbocycles. The Kier molecular flexibility index (Phi) is 15.9. The van der Waals surface area contributed by atoms with E-state index in [4.69, 9.17) is 0 Å². The van der Waals surface area contributed by atoms with Crippen LogP contribution < -0.4 is 0 Å². The summed E-state index contributed by atoms with van der Waals surface area (Å²) < 4.78 is 0. The second kappa shape index (κ2) is 9.42. The van der Waals surface area contributed by atoms with Crippen molar-refractivity contribution in [2.45, 2.75) is 23.8 Å². The molecule has 0 saturated carbocycles. The van der Waals surface area contributed by atoms with Gasteiger partial charge in [-0.1, -0.05) is 0 Å². The first-order valence-corrected chi connectivity index (χ1v) is 6.61. The van der Waals surface area contributed by atoms with Crippen molar-refractivity contribution < 1.29 is 0 Å². The van der Waals surface area contributed by atoms with E-state index in [0.29, 0.717) is 0 Å². The van der Waals surface area contributed by atoms with Crippen LogP contribution in [0, 0.1) is 0 Å². The first-order chi connectivity index (χ1) is 2.41. The van der Waals surface area contributed by atoms with Crippen molar-refractivity contribution in [2.75, 3.05) is 0 Å². The van der Waals surface area contributed by atoms with E-state index in [1.165, 1.54) is 9.95 Å². The van der Waals surface area contributed by atoms with E-state index in [2.05, 4.69) is 13.8 Å². The Morgan fingerprint density at radius 2 is 1.50 bits per heavy atom. The summed E-state index contributed by atoms with van der Waals surface area (Å²) >= 11 is 0.0972. The minimum Gasteiger partial charge on any atom is -0.153 e. The Bertz CT molecular complexity index is 15.0. The Morgan fingerprint density at radius 3 is 1.50 bits per heavy atom. The molecule has 38 valence electrons.